The number of halogens is 1. The second-order valence-corrected chi connectivity index (χ2v) is 7.16. The summed E-state index contributed by atoms with van der Waals surface area (Å²) in [7, 11) is 0. The van der Waals surface area contributed by atoms with E-state index in [4.69, 9.17) is 17.3 Å². The molecule has 26 heavy (non-hydrogen) atoms. The molecule has 2 aromatic rings. The maximum atomic E-state index is 12.6. The van der Waals surface area contributed by atoms with Crippen molar-refractivity contribution in [1.82, 2.24) is 10.6 Å². The van der Waals surface area contributed by atoms with Crippen molar-refractivity contribution in [2.75, 3.05) is 6.54 Å². The van der Waals surface area contributed by atoms with Crippen molar-refractivity contribution in [3.8, 4) is 0 Å². The average Bonchev–Trinajstić information content (AvgIpc) is 2.61. The topological polar surface area (TPSA) is 84.2 Å². The molecule has 0 aliphatic carbocycles. The van der Waals surface area contributed by atoms with Gasteiger partial charge in [0.2, 0.25) is 5.91 Å². The molecule has 0 aromatic heterocycles. The van der Waals surface area contributed by atoms with Gasteiger partial charge in [0.1, 0.15) is 0 Å². The molecule has 2 aromatic carbocycles. The van der Waals surface area contributed by atoms with E-state index in [2.05, 4.69) is 10.6 Å². The molecule has 0 spiro atoms. The Hall–Kier alpha value is -2.37. The molecule has 4 N–H and O–H groups in total. The lowest BCUT2D eigenvalue weighted by Gasteiger charge is -2.26. The first-order valence-corrected chi connectivity index (χ1v) is 8.81. The predicted octanol–water partition coefficient (Wildman–Crippen LogP) is 3.05. The van der Waals surface area contributed by atoms with Gasteiger partial charge >= 0.3 is 0 Å². The fourth-order valence-corrected chi connectivity index (χ4v) is 2.71. The number of benzene rings is 2. The SMILES string of the molecule is CC(C)(CN)NC(=O)CC(NC(=O)c1ccccc1Cl)c1ccccc1. The van der Waals surface area contributed by atoms with Crippen molar-refractivity contribution >= 4 is 23.4 Å². The third kappa shape index (κ3) is 5.58. The van der Waals surface area contributed by atoms with Crippen LogP contribution in [-0.4, -0.2) is 23.9 Å². The maximum Gasteiger partial charge on any atom is 0.253 e. The largest absolute Gasteiger partial charge is 0.350 e. The zero-order valence-corrected chi connectivity index (χ0v) is 15.7. The first-order chi connectivity index (χ1) is 12.3. The van der Waals surface area contributed by atoms with Crippen molar-refractivity contribution in [3.63, 3.8) is 0 Å². The van der Waals surface area contributed by atoms with Gasteiger partial charge in [-0.25, -0.2) is 0 Å². The number of rotatable bonds is 7. The number of hydrogen-bond acceptors (Lipinski definition) is 3. The number of nitrogens with two attached hydrogens (primary N) is 1. The summed E-state index contributed by atoms with van der Waals surface area (Å²) in [5.74, 6) is -0.510. The molecule has 5 nitrogen and oxygen atoms in total. The summed E-state index contributed by atoms with van der Waals surface area (Å²) in [6.07, 6.45) is 0.101. The summed E-state index contributed by atoms with van der Waals surface area (Å²) in [6, 6.07) is 15.7. The van der Waals surface area contributed by atoms with E-state index in [-0.39, 0.29) is 18.2 Å². The van der Waals surface area contributed by atoms with Gasteiger partial charge in [0, 0.05) is 12.1 Å². The zero-order valence-electron chi connectivity index (χ0n) is 15.0. The Balaban J connectivity index is 2.18. The van der Waals surface area contributed by atoms with Crippen molar-refractivity contribution in [2.45, 2.75) is 31.8 Å². The third-order valence-electron chi connectivity index (χ3n) is 4.00. The molecule has 0 heterocycles. The molecule has 6 heteroatoms. The van der Waals surface area contributed by atoms with Gasteiger partial charge in [-0.2, -0.15) is 0 Å². The van der Waals surface area contributed by atoms with Crippen LogP contribution in [0, 0.1) is 0 Å². The van der Waals surface area contributed by atoms with E-state index in [1.807, 2.05) is 44.2 Å². The minimum absolute atomic E-state index is 0.101. The Morgan fingerprint density at radius 3 is 2.31 bits per heavy atom. The molecule has 0 saturated heterocycles. The second kappa shape index (κ2) is 8.83. The van der Waals surface area contributed by atoms with Crippen LogP contribution in [0.2, 0.25) is 5.02 Å². The van der Waals surface area contributed by atoms with Crippen LogP contribution in [0.15, 0.2) is 54.6 Å². The molecule has 0 aliphatic heterocycles. The van der Waals surface area contributed by atoms with Gasteiger partial charge in [-0.1, -0.05) is 54.1 Å². The Morgan fingerprint density at radius 2 is 1.69 bits per heavy atom. The van der Waals surface area contributed by atoms with Gasteiger partial charge in [0.25, 0.3) is 5.91 Å². The van der Waals surface area contributed by atoms with Crippen LogP contribution in [0.25, 0.3) is 0 Å². The molecular weight excluding hydrogens is 350 g/mol. The van der Waals surface area contributed by atoms with E-state index < -0.39 is 11.6 Å². The number of nitrogens with one attached hydrogen (secondary N) is 2. The van der Waals surface area contributed by atoms with Crippen LogP contribution in [0.1, 0.15) is 42.2 Å². The molecule has 1 unspecified atom stereocenters. The number of carbonyl (C=O) groups excluding carboxylic acids is 2. The molecule has 1 atom stereocenters. The molecule has 0 aliphatic rings. The molecular formula is C20H24ClN3O2. The lowest BCUT2D eigenvalue weighted by Crippen LogP contribution is -2.49. The van der Waals surface area contributed by atoms with Gasteiger partial charge < -0.3 is 16.4 Å². The summed E-state index contributed by atoms with van der Waals surface area (Å²) in [4.78, 5) is 25.1. The average molecular weight is 374 g/mol. The Morgan fingerprint density at radius 1 is 1.08 bits per heavy atom. The van der Waals surface area contributed by atoms with Gasteiger partial charge in [-0.3, -0.25) is 9.59 Å². The lowest BCUT2D eigenvalue weighted by molar-refractivity contribution is -0.123. The minimum Gasteiger partial charge on any atom is -0.350 e. The highest BCUT2D eigenvalue weighted by Crippen LogP contribution is 2.20. The van der Waals surface area contributed by atoms with Crippen LogP contribution in [-0.2, 0) is 4.79 Å². The summed E-state index contributed by atoms with van der Waals surface area (Å²) < 4.78 is 0. The Bertz CT molecular complexity index is 763. The van der Waals surface area contributed by atoms with Crippen LogP contribution in [0.4, 0.5) is 0 Å². The normalized spacial score (nSPS) is 12.3. The summed E-state index contributed by atoms with van der Waals surface area (Å²) in [6.45, 7) is 4.02. The molecule has 0 bridgehead atoms. The fourth-order valence-electron chi connectivity index (χ4n) is 2.48. The monoisotopic (exact) mass is 373 g/mol. The highest BCUT2D eigenvalue weighted by atomic mass is 35.5. The van der Waals surface area contributed by atoms with Crippen molar-refractivity contribution in [1.29, 1.82) is 0 Å². The first-order valence-electron chi connectivity index (χ1n) is 8.44. The molecule has 0 fully saturated rings. The fraction of sp³-hybridized carbons (Fsp3) is 0.300. The Labute approximate surface area is 158 Å². The maximum absolute atomic E-state index is 12.6. The van der Waals surface area contributed by atoms with E-state index >= 15 is 0 Å². The van der Waals surface area contributed by atoms with Crippen molar-refractivity contribution in [2.24, 2.45) is 5.73 Å². The quantitative estimate of drug-likeness (QED) is 0.697. The smallest absolute Gasteiger partial charge is 0.253 e. The number of amides is 2. The Kier molecular flexibility index (Phi) is 6.77. The molecule has 0 saturated carbocycles. The summed E-state index contributed by atoms with van der Waals surface area (Å²) in [5.41, 5.74) is 6.38. The third-order valence-corrected chi connectivity index (χ3v) is 4.33. The second-order valence-electron chi connectivity index (χ2n) is 6.76. The highest BCUT2D eigenvalue weighted by Gasteiger charge is 2.24. The van der Waals surface area contributed by atoms with E-state index in [0.717, 1.165) is 5.56 Å². The standard InChI is InChI=1S/C20H24ClN3O2/c1-20(2,13-22)24-18(25)12-17(14-8-4-3-5-9-14)23-19(26)15-10-6-7-11-16(15)21/h3-11,17H,12-13,22H2,1-2H3,(H,23,26)(H,24,25). The number of carbonyl (C=O) groups is 2. The van der Waals surface area contributed by atoms with Crippen LogP contribution in [0.5, 0.6) is 0 Å². The van der Waals surface area contributed by atoms with Crippen LogP contribution >= 0.6 is 11.6 Å². The number of hydrogen-bond donors (Lipinski definition) is 3. The molecule has 0 radical (unpaired) electrons. The molecule has 2 rings (SSSR count). The minimum atomic E-state index is -0.509. The van der Waals surface area contributed by atoms with Crippen LogP contribution < -0.4 is 16.4 Å². The summed E-state index contributed by atoms with van der Waals surface area (Å²) >= 11 is 6.11. The van der Waals surface area contributed by atoms with Crippen LogP contribution in [0.3, 0.4) is 0 Å². The van der Waals surface area contributed by atoms with Gasteiger partial charge in [0.15, 0.2) is 0 Å². The predicted molar refractivity (Wildman–Crippen MR) is 104 cm³/mol. The van der Waals surface area contributed by atoms with E-state index in [0.29, 0.717) is 17.1 Å². The molecule has 138 valence electrons. The lowest BCUT2D eigenvalue weighted by atomic mass is 10.0. The van der Waals surface area contributed by atoms with Gasteiger partial charge in [-0.05, 0) is 31.5 Å². The van der Waals surface area contributed by atoms with E-state index in [9.17, 15) is 9.59 Å². The zero-order chi connectivity index (χ0) is 19.2. The van der Waals surface area contributed by atoms with Gasteiger partial charge in [0.05, 0.1) is 23.0 Å². The van der Waals surface area contributed by atoms with E-state index in [1.54, 1.807) is 24.3 Å². The summed E-state index contributed by atoms with van der Waals surface area (Å²) in [5, 5.41) is 6.17. The van der Waals surface area contributed by atoms with Crippen molar-refractivity contribution < 1.29 is 9.59 Å². The highest BCUT2D eigenvalue weighted by molar-refractivity contribution is 6.33. The van der Waals surface area contributed by atoms with Gasteiger partial charge in [-0.15, -0.1) is 0 Å². The molecule has 2 amide bonds. The van der Waals surface area contributed by atoms with Crippen molar-refractivity contribution in [3.05, 3.63) is 70.7 Å². The first kappa shape index (κ1) is 19.9. The van der Waals surface area contributed by atoms with E-state index in [1.165, 1.54) is 0 Å².